The van der Waals surface area contributed by atoms with Gasteiger partial charge in [0.25, 0.3) is 0 Å². The van der Waals surface area contributed by atoms with Gasteiger partial charge in [0, 0.05) is 19.1 Å². The summed E-state index contributed by atoms with van der Waals surface area (Å²) in [7, 11) is -6.97. The van der Waals surface area contributed by atoms with Crippen molar-refractivity contribution in [2.45, 2.75) is 39.2 Å². The molecule has 0 radical (unpaired) electrons. The van der Waals surface area contributed by atoms with Crippen LogP contribution in [-0.2, 0) is 38.9 Å². The van der Waals surface area contributed by atoms with Gasteiger partial charge in [-0.3, -0.25) is 9.59 Å². The van der Waals surface area contributed by atoms with Gasteiger partial charge in [0.2, 0.25) is 10.0 Å². The van der Waals surface area contributed by atoms with Gasteiger partial charge in [0.1, 0.15) is 22.5 Å². The second-order valence-corrected chi connectivity index (χ2v) is 9.34. The number of carbonyl (C=O) groups is 2. The van der Waals surface area contributed by atoms with Crippen LogP contribution in [-0.4, -0.2) is 65.8 Å². The molecule has 11 heteroatoms. The molecule has 0 saturated carbocycles. The Hall–Kier alpha value is -1.20. The van der Waals surface area contributed by atoms with Gasteiger partial charge in [-0.2, -0.15) is 0 Å². The summed E-state index contributed by atoms with van der Waals surface area (Å²) >= 11 is 0. The number of carbonyl (C=O) groups excluding carboxylic acids is 2. The molecule has 9 nitrogen and oxygen atoms in total. The molecule has 0 bridgehead atoms. The lowest BCUT2D eigenvalue weighted by molar-refractivity contribution is -0.158. The molecule has 0 aliphatic carbocycles. The average molecular weight is 387 g/mol. The van der Waals surface area contributed by atoms with Crippen LogP contribution in [0.4, 0.5) is 0 Å². The highest BCUT2D eigenvalue weighted by atomic mass is 32.2. The van der Waals surface area contributed by atoms with E-state index in [-0.39, 0.29) is 43.9 Å². The molecule has 142 valence electrons. The Bertz CT molecular complexity index is 612. The Balaban J connectivity index is 4.54. The smallest absolute Gasteiger partial charge is 0.305 e. The van der Waals surface area contributed by atoms with Crippen LogP contribution in [0.25, 0.3) is 0 Å². The molecule has 0 spiro atoms. The largest absolute Gasteiger partial charge is 0.462 e. The third kappa shape index (κ3) is 12.3. The van der Waals surface area contributed by atoms with E-state index in [1.165, 1.54) is 0 Å². The van der Waals surface area contributed by atoms with Gasteiger partial charge in [-0.05, 0) is 6.42 Å². The summed E-state index contributed by atoms with van der Waals surface area (Å²) in [5.41, 5.74) is 0. The van der Waals surface area contributed by atoms with Crippen molar-refractivity contribution in [2.75, 3.05) is 30.9 Å². The van der Waals surface area contributed by atoms with Crippen molar-refractivity contribution in [3.63, 3.8) is 0 Å². The van der Waals surface area contributed by atoms with Gasteiger partial charge in [0.05, 0.1) is 18.1 Å². The fraction of sp³-hybridized carbons (Fsp3) is 0.846. The van der Waals surface area contributed by atoms with Crippen molar-refractivity contribution in [1.29, 1.82) is 0 Å². The number of hydrogen-bond acceptors (Lipinski definition) is 8. The lowest BCUT2D eigenvalue weighted by atomic mass is 10.3. The van der Waals surface area contributed by atoms with Gasteiger partial charge in [0.15, 0.2) is 0 Å². The first kappa shape index (κ1) is 22.8. The molecule has 1 unspecified atom stereocenters. The van der Waals surface area contributed by atoms with Crippen LogP contribution in [0.5, 0.6) is 0 Å². The highest BCUT2D eigenvalue weighted by Crippen LogP contribution is 2.00. The van der Waals surface area contributed by atoms with E-state index in [9.17, 15) is 26.4 Å². The fourth-order valence-corrected chi connectivity index (χ4v) is 3.45. The van der Waals surface area contributed by atoms with Crippen LogP contribution in [0.2, 0.25) is 0 Å². The number of hydrogen-bond donors (Lipinski definition) is 1. The van der Waals surface area contributed by atoms with E-state index in [2.05, 4.69) is 4.72 Å². The molecule has 0 rings (SSSR count). The summed E-state index contributed by atoms with van der Waals surface area (Å²) in [6, 6.07) is 0. The zero-order valence-corrected chi connectivity index (χ0v) is 15.7. The maximum atomic E-state index is 11.8. The van der Waals surface area contributed by atoms with E-state index in [0.29, 0.717) is 0 Å². The van der Waals surface area contributed by atoms with E-state index in [1.54, 1.807) is 13.8 Å². The number of nitrogens with one attached hydrogen (secondary N) is 1. The Morgan fingerprint density at radius 2 is 1.58 bits per heavy atom. The minimum Gasteiger partial charge on any atom is -0.462 e. The van der Waals surface area contributed by atoms with Gasteiger partial charge < -0.3 is 9.47 Å². The fourth-order valence-electron chi connectivity index (χ4n) is 1.50. The summed E-state index contributed by atoms with van der Waals surface area (Å²) in [5.74, 6) is -1.66. The van der Waals surface area contributed by atoms with Crippen LogP contribution in [0.1, 0.15) is 33.1 Å². The number of sulfonamides is 1. The number of rotatable bonds is 12. The molecular formula is C13H25NO8S2. The average Bonchev–Trinajstić information content (AvgIpc) is 2.47. The maximum absolute atomic E-state index is 11.8. The van der Waals surface area contributed by atoms with Crippen LogP contribution < -0.4 is 4.72 Å². The van der Waals surface area contributed by atoms with Crippen molar-refractivity contribution in [1.82, 2.24) is 4.72 Å². The Morgan fingerprint density at radius 3 is 2.08 bits per heavy atom. The van der Waals surface area contributed by atoms with Crippen molar-refractivity contribution in [2.24, 2.45) is 0 Å². The standard InChI is InChI=1S/C13H25NO8S2/c1-4-12(15)21-10-11(22-13(16)5-2)9-14-24(19,20)8-6-7-23(3,17)18/h11,14H,4-10H2,1-3H3. The number of ether oxygens (including phenoxy) is 2. The quantitative estimate of drug-likeness (QED) is 0.448. The van der Waals surface area contributed by atoms with E-state index in [1.807, 2.05) is 0 Å². The molecule has 1 N–H and O–H groups in total. The molecule has 0 heterocycles. The first-order valence-electron chi connectivity index (χ1n) is 7.49. The Labute approximate surface area is 143 Å². The maximum Gasteiger partial charge on any atom is 0.305 e. The van der Waals surface area contributed by atoms with Crippen LogP contribution >= 0.6 is 0 Å². The number of sulfone groups is 1. The predicted octanol–water partition coefficient (Wildman–Crippen LogP) is -0.384. The number of esters is 2. The van der Waals surface area contributed by atoms with E-state index in [4.69, 9.17) is 9.47 Å². The molecule has 0 saturated heterocycles. The van der Waals surface area contributed by atoms with Crippen molar-refractivity contribution < 1.29 is 35.9 Å². The van der Waals surface area contributed by atoms with Crippen molar-refractivity contribution in [3.8, 4) is 0 Å². The molecular weight excluding hydrogens is 362 g/mol. The van der Waals surface area contributed by atoms with Gasteiger partial charge in [-0.15, -0.1) is 0 Å². The second kappa shape index (κ2) is 10.6. The van der Waals surface area contributed by atoms with Gasteiger partial charge in [-0.25, -0.2) is 21.6 Å². The minimum absolute atomic E-state index is 0.0433. The lowest BCUT2D eigenvalue weighted by Gasteiger charge is -2.18. The summed E-state index contributed by atoms with van der Waals surface area (Å²) < 4.78 is 57.7. The molecule has 0 aliphatic rings. The van der Waals surface area contributed by atoms with Crippen LogP contribution in [0.3, 0.4) is 0 Å². The molecule has 0 aliphatic heterocycles. The zero-order chi connectivity index (χ0) is 18.8. The Kier molecular flexibility index (Phi) is 10.1. The van der Waals surface area contributed by atoms with Crippen LogP contribution in [0.15, 0.2) is 0 Å². The summed E-state index contributed by atoms with van der Waals surface area (Å²) in [6.45, 7) is 2.65. The second-order valence-electron chi connectivity index (χ2n) is 5.15. The molecule has 0 aromatic carbocycles. The molecule has 0 fully saturated rings. The highest BCUT2D eigenvalue weighted by molar-refractivity contribution is 7.91. The minimum atomic E-state index is -3.73. The molecule has 0 aromatic heterocycles. The predicted molar refractivity (Wildman–Crippen MR) is 87.5 cm³/mol. The molecule has 0 aromatic rings. The lowest BCUT2D eigenvalue weighted by Crippen LogP contribution is -2.39. The molecule has 0 amide bonds. The van der Waals surface area contributed by atoms with Crippen molar-refractivity contribution in [3.05, 3.63) is 0 Å². The van der Waals surface area contributed by atoms with E-state index >= 15 is 0 Å². The van der Waals surface area contributed by atoms with E-state index in [0.717, 1.165) is 6.26 Å². The first-order chi connectivity index (χ1) is 11.0. The monoisotopic (exact) mass is 387 g/mol. The van der Waals surface area contributed by atoms with Crippen molar-refractivity contribution >= 4 is 31.8 Å². The van der Waals surface area contributed by atoms with Crippen LogP contribution in [0, 0.1) is 0 Å². The molecule has 1 atom stereocenters. The normalized spacial score (nSPS) is 13.3. The Morgan fingerprint density at radius 1 is 1.00 bits per heavy atom. The summed E-state index contributed by atoms with van der Waals surface area (Å²) in [6.07, 6.45) is 0.274. The summed E-state index contributed by atoms with van der Waals surface area (Å²) in [5, 5.41) is 0. The third-order valence-electron chi connectivity index (χ3n) is 2.76. The topological polar surface area (TPSA) is 133 Å². The van der Waals surface area contributed by atoms with Gasteiger partial charge in [-0.1, -0.05) is 13.8 Å². The van der Waals surface area contributed by atoms with Gasteiger partial charge >= 0.3 is 11.9 Å². The third-order valence-corrected chi connectivity index (χ3v) is 5.23. The first-order valence-corrected chi connectivity index (χ1v) is 11.2. The van der Waals surface area contributed by atoms with E-state index < -0.39 is 37.9 Å². The zero-order valence-electron chi connectivity index (χ0n) is 14.1. The highest BCUT2D eigenvalue weighted by Gasteiger charge is 2.20. The summed E-state index contributed by atoms with van der Waals surface area (Å²) in [4.78, 5) is 22.5. The SMILES string of the molecule is CCC(=O)OCC(CNS(=O)(=O)CCCS(C)(=O)=O)OC(=O)CC. The molecule has 24 heavy (non-hydrogen) atoms.